The van der Waals surface area contributed by atoms with Gasteiger partial charge >= 0.3 is 5.97 Å². The van der Waals surface area contributed by atoms with Gasteiger partial charge in [0.05, 0.1) is 0 Å². The first kappa shape index (κ1) is 11.3. The van der Waals surface area contributed by atoms with Crippen LogP contribution >= 0.6 is 11.8 Å². The van der Waals surface area contributed by atoms with Crippen molar-refractivity contribution in [3.8, 4) is 12.3 Å². The molecule has 0 aliphatic carbocycles. The summed E-state index contributed by atoms with van der Waals surface area (Å²) < 4.78 is 0. The molecule has 0 aromatic carbocycles. The smallest absolute Gasteiger partial charge is 0.321 e. The summed E-state index contributed by atoms with van der Waals surface area (Å²) in [4.78, 5) is 10.2. The summed E-state index contributed by atoms with van der Waals surface area (Å²) in [5.41, 5.74) is 5.27. The van der Waals surface area contributed by atoms with E-state index in [2.05, 4.69) is 5.92 Å². The minimum absolute atomic E-state index is 0.458. The summed E-state index contributed by atoms with van der Waals surface area (Å²) in [6.45, 7) is 0. The molecule has 0 spiro atoms. The van der Waals surface area contributed by atoms with E-state index in [4.69, 9.17) is 17.3 Å². The lowest BCUT2D eigenvalue weighted by Crippen LogP contribution is -2.32. The lowest BCUT2D eigenvalue weighted by molar-refractivity contribution is -0.137. The van der Waals surface area contributed by atoms with Crippen molar-refractivity contribution in [1.29, 1.82) is 0 Å². The predicted molar refractivity (Wildman–Crippen MR) is 51.0 cm³/mol. The van der Waals surface area contributed by atoms with Crippen molar-refractivity contribution in [1.82, 2.24) is 0 Å². The summed E-state index contributed by atoms with van der Waals surface area (Å²) in [6, 6.07) is -0.749. The maximum atomic E-state index is 10.2. The molecular weight excluding hydrogens is 174 g/mol. The molecule has 0 fully saturated rings. The molecule has 12 heavy (non-hydrogen) atoms. The van der Waals surface area contributed by atoms with Gasteiger partial charge in [0.2, 0.25) is 0 Å². The minimum Gasteiger partial charge on any atom is -0.480 e. The topological polar surface area (TPSA) is 63.3 Å². The number of carboxylic acids is 1. The molecule has 1 atom stereocenters. The second-order valence-electron chi connectivity index (χ2n) is 2.33. The Kier molecular flexibility index (Phi) is 6.63. The molecule has 0 saturated heterocycles. The molecule has 3 N–H and O–H groups in total. The van der Waals surface area contributed by atoms with Gasteiger partial charge in [0.15, 0.2) is 0 Å². The zero-order chi connectivity index (χ0) is 9.40. The molecule has 0 amide bonds. The second kappa shape index (κ2) is 7.01. The molecule has 3 nitrogen and oxygen atoms in total. The van der Waals surface area contributed by atoms with Gasteiger partial charge in [0.25, 0.3) is 0 Å². The van der Waals surface area contributed by atoms with Gasteiger partial charge in [-0.3, -0.25) is 4.79 Å². The Hall–Kier alpha value is -0.660. The molecule has 68 valence electrons. The average Bonchev–Trinajstić information content (AvgIpc) is 2.03. The van der Waals surface area contributed by atoms with Crippen LogP contribution in [0.25, 0.3) is 0 Å². The molecule has 0 aliphatic rings. The molecule has 0 radical (unpaired) electrons. The van der Waals surface area contributed by atoms with Crippen LogP contribution < -0.4 is 5.73 Å². The van der Waals surface area contributed by atoms with Gasteiger partial charge in [-0.2, -0.15) is 11.8 Å². The largest absolute Gasteiger partial charge is 0.480 e. The summed E-state index contributed by atoms with van der Waals surface area (Å²) >= 11 is 1.53. The molecule has 0 unspecified atom stereocenters. The first-order valence-electron chi connectivity index (χ1n) is 3.68. The van der Waals surface area contributed by atoms with E-state index in [1.807, 2.05) is 0 Å². The van der Waals surface area contributed by atoms with Gasteiger partial charge in [0, 0.05) is 12.2 Å². The third kappa shape index (κ3) is 6.08. The fourth-order valence-electron chi connectivity index (χ4n) is 0.558. The van der Waals surface area contributed by atoms with Gasteiger partial charge < -0.3 is 10.8 Å². The van der Waals surface area contributed by atoms with Gasteiger partial charge in [-0.25, -0.2) is 0 Å². The summed E-state index contributed by atoms with van der Waals surface area (Å²) in [7, 11) is 0. The van der Waals surface area contributed by atoms with E-state index in [1.54, 1.807) is 0 Å². The number of hydrogen-bond donors (Lipinski definition) is 2. The molecule has 0 aliphatic heterocycles. The number of rotatable bonds is 6. The number of aliphatic carboxylic acids is 1. The molecule has 0 aromatic heterocycles. The molecule has 4 heteroatoms. The predicted octanol–water partition coefficient (Wildman–Crippen LogP) is 0.545. The molecule has 0 bridgehead atoms. The molecule has 0 heterocycles. The number of terminal acetylenes is 1. The number of hydrogen-bond acceptors (Lipinski definition) is 3. The highest BCUT2D eigenvalue weighted by molar-refractivity contribution is 7.99. The standard InChI is InChI=1S/C8H13NO2S/c1-2-3-4-5-12-6-7(9)8(10)11/h1,7H,3-6,9H2,(H,10,11)/t7-/m0/s1. The van der Waals surface area contributed by atoms with Crippen LogP contribution in [0.5, 0.6) is 0 Å². The van der Waals surface area contributed by atoms with Crippen LogP contribution in [0.4, 0.5) is 0 Å². The first-order chi connectivity index (χ1) is 5.68. The third-order valence-corrected chi connectivity index (χ3v) is 2.40. The Labute approximate surface area is 76.7 Å². The van der Waals surface area contributed by atoms with Crippen LogP contribution in [0.3, 0.4) is 0 Å². The molecule has 0 aromatic rings. The summed E-state index contributed by atoms with van der Waals surface area (Å²) in [5.74, 6) is 2.91. The van der Waals surface area contributed by atoms with E-state index in [0.29, 0.717) is 5.75 Å². The monoisotopic (exact) mass is 187 g/mol. The van der Waals surface area contributed by atoms with Gasteiger partial charge in [-0.15, -0.1) is 12.3 Å². The van der Waals surface area contributed by atoms with Crippen molar-refractivity contribution < 1.29 is 9.90 Å². The Morgan fingerprint density at radius 3 is 2.92 bits per heavy atom. The Morgan fingerprint density at radius 2 is 2.42 bits per heavy atom. The van der Waals surface area contributed by atoms with Crippen LogP contribution in [0.1, 0.15) is 12.8 Å². The fourth-order valence-corrected chi connectivity index (χ4v) is 1.47. The fraction of sp³-hybridized carbons (Fsp3) is 0.625. The number of nitrogens with two attached hydrogens (primary N) is 1. The lowest BCUT2D eigenvalue weighted by atomic mass is 10.4. The highest BCUT2D eigenvalue weighted by Crippen LogP contribution is 2.05. The van der Waals surface area contributed by atoms with Gasteiger partial charge in [0.1, 0.15) is 6.04 Å². The van der Waals surface area contributed by atoms with Crippen LogP contribution in [0.15, 0.2) is 0 Å². The normalized spacial score (nSPS) is 12.0. The van der Waals surface area contributed by atoms with Crippen LogP contribution in [-0.2, 0) is 4.79 Å². The number of thioether (sulfide) groups is 1. The van der Waals surface area contributed by atoms with Crippen molar-refractivity contribution in [2.75, 3.05) is 11.5 Å². The number of carboxylic acid groups (broad SMARTS) is 1. The first-order valence-corrected chi connectivity index (χ1v) is 4.83. The Morgan fingerprint density at radius 1 is 1.75 bits per heavy atom. The van der Waals surface area contributed by atoms with Crippen molar-refractivity contribution >= 4 is 17.7 Å². The highest BCUT2D eigenvalue weighted by Gasteiger charge is 2.09. The van der Waals surface area contributed by atoms with E-state index in [-0.39, 0.29) is 0 Å². The van der Waals surface area contributed by atoms with E-state index in [1.165, 1.54) is 11.8 Å². The van der Waals surface area contributed by atoms with Crippen molar-refractivity contribution in [3.63, 3.8) is 0 Å². The van der Waals surface area contributed by atoms with E-state index in [9.17, 15) is 4.79 Å². The van der Waals surface area contributed by atoms with Gasteiger partial charge in [-0.1, -0.05) is 0 Å². The third-order valence-electron chi connectivity index (χ3n) is 1.22. The van der Waals surface area contributed by atoms with Crippen LogP contribution in [0.2, 0.25) is 0 Å². The summed E-state index contributed by atoms with van der Waals surface area (Å²) in [6.07, 6.45) is 6.71. The van der Waals surface area contributed by atoms with E-state index < -0.39 is 12.0 Å². The maximum Gasteiger partial charge on any atom is 0.321 e. The molecule has 0 rings (SSSR count). The lowest BCUT2D eigenvalue weighted by Gasteiger charge is -2.04. The van der Waals surface area contributed by atoms with Gasteiger partial charge in [-0.05, 0) is 12.2 Å². The quantitative estimate of drug-likeness (QED) is 0.470. The zero-order valence-electron chi connectivity index (χ0n) is 6.82. The van der Waals surface area contributed by atoms with Crippen molar-refractivity contribution in [3.05, 3.63) is 0 Å². The minimum atomic E-state index is -0.945. The van der Waals surface area contributed by atoms with E-state index in [0.717, 1.165) is 18.6 Å². The van der Waals surface area contributed by atoms with Crippen molar-refractivity contribution in [2.45, 2.75) is 18.9 Å². The average molecular weight is 187 g/mol. The molecule has 0 saturated carbocycles. The SMILES string of the molecule is C#CCCCSC[C@H](N)C(=O)O. The molecular formula is C8H13NO2S. The zero-order valence-corrected chi connectivity index (χ0v) is 7.64. The van der Waals surface area contributed by atoms with Crippen LogP contribution in [0, 0.1) is 12.3 Å². The number of carbonyl (C=O) groups is 1. The maximum absolute atomic E-state index is 10.2. The highest BCUT2D eigenvalue weighted by atomic mass is 32.2. The Balaban J connectivity index is 3.21. The second-order valence-corrected chi connectivity index (χ2v) is 3.48. The van der Waals surface area contributed by atoms with Crippen LogP contribution in [-0.4, -0.2) is 28.6 Å². The Bertz CT molecular complexity index is 176. The van der Waals surface area contributed by atoms with Crippen molar-refractivity contribution in [2.24, 2.45) is 5.73 Å². The summed E-state index contributed by atoms with van der Waals surface area (Å²) in [5, 5.41) is 8.41. The number of unbranched alkanes of at least 4 members (excludes halogenated alkanes) is 1. The van der Waals surface area contributed by atoms with E-state index >= 15 is 0 Å².